The van der Waals surface area contributed by atoms with Gasteiger partial charge in [-0.05, 0) is 32.9 Å². The summed E-state index contributed by atoms with van der Waals surface area (Å²) >= 11 is 5.91. The number of hydrogen-bond acceptors (Lipinski definition) is 3. The van der Waals surface area contributed by atoms with Crippen molar-refractivity contribution in [2.45, 2.75) is 26.9 Å². The zero-order valence-corrected chi connectivity index (χ0v) is 12.1. The molecule has 1 aromatic carbocycles. The Morgan fingerprint density at radius 2 is 2.11 bits per heavy atom. The van der Waals surface area contributed by atoms with Crippen molar-refractivity contribution in [2.24, 2.45) is 0 Å². The summed E-state index contributed by atoms with van der Waals surface area (Å²) in [6, 6.07) is 6.73. The molecule has 102 valence electrons. The first-order chi connectivity index (χ1) is 9.03. The molecule has 0 aliphatic carbocycles. The third-order valence-corrected chi connectivity index (χ3v) is 3.11. The fraction of sp³-hybridized carbons (Fsp3) is 0.429. The number of hydrogen-bond donors (Lipinski definition) is 0. The van der Waals surface area contributed by atoms with Gasteiger partial charge in [-0.25, -0.2) is 0 Å². The minimum Gasteiger partial charge on any atom is -0.481 e. The minimum atomic E-state index is -0.580. The summed E-state index contributed by atoms with van der Waals surface area (Å²) in [5.74, 6) is 0.419. The van der Waals surface area contributed by atoms with Crippen molar-refractivity contribution < 1.29 is 9.53 Å². The molecule has 0 aliphatic heterocycles. The van der Waals surface area contributed by atoms with Crippen LogP contribution < -0.4 is 4.74 Å². The van der Waals surface area contributed by atoms with E-state index in [1.807, 2.05) is 19.9 Å². The van der Waals surface area contributed by atoms with E-state index in [0.29, 0.717) is 29.4 Å². The second-order valence-corrected chi connectivity index (χ2v) is 4.43. The van der Waals surface area contributed by atoms with Gasteiger partial charge in [0.05, 0.1) is 10.6 Å². The van der Waals surface area contributed by atoms with Crippen LogP contribution in [0.15, 0.2) is 18.2 Å². The van der Waals surface area contributed by atoms with Crippen LogP contribution in [-0.4, -0.2) is 30.0 Å². The number of nitrogens with zero attached hydrogens (tertiary/aromatic N) is 2. The second-order valence-electron chi connectivity index (χ2n) is 4.02. The highest BCUT2D eigenvalue weighted by atomic mass is 35.5. The first kappa shape index (κ1) is 15.3. The standard InChI is InChI=1S/C14H17ClN2O2/c1-4-17(5-2)14(18)10(3)19-12-7-6-11(9-16)13(15)8-12/h6-8,10H,4-5H2,1-3H3. The fourth-order valence-corrected chi connectivity index (χ4v) is 1.92. The molecule has 1 aromatic rings. The molecule has 0 spiro atoms. The zero-order chi connectivity index (χ0) is 14.4. The van der Waals surface area contributed by atoms with Crippen molar-refractivity contribution in [1.82, 2.24) is 4.90 Å². The van der Waals surface area contributed by atoms with Crippen molar-refractivity contribution in [2.75, 3.05) is 13.1 Å². The molecule has 19 heavy (non-hydrogen) atoms. The van der Waals surface area contributed by atoms with Gasteiger partial charge in [0.15, 0.2) is 6.10 Å². The lowest BCUT2D eigenvalue weighted by Gasteiger charge is -2.23. The van der Waals surface area contributed by atoms with Gasteiger partial charge in [-0.3, -0.25) is 4.79 Å². The Labute approximate surface area is 118 Å². The van der Waals surface area contributed by atoms with E-state index < -0.39 is 6.10 Å². The van der Waals surface area contributed by atoms with Gasteiger partial charge in [-0.15, -0.1) is 0 Å². The van der Waals surface area contributed by atoms with Crippen molar-refractivity contribution in [1.29, 1.82) is 5.26 Å². The number of likely N-dealkylation sites (N-methyl/N-ethyl adjacent to an activating group) is 1. The van der Waals surface area contributed by atoms with Crippen molar-refractivity contribution >= 4 is 17.5 Å². The van der Waals surface area contributed by atoms with E-state index in [0.717, 1.165) is 0 Å². The highest BCUT2D eigenvalue weighted by Crippen LogP contribution is 2.22. The summed E-state index contributed by atoms with van der Waals surface area (Å²) in [7, 11) is 0. The SMILES string of the molecule is CCN(CC)C(=O)C(C)Oc1ccc(C#N)c(Cl)c1. The van der Waals surface area contributed by atoms with Crippen molar-refractivity contribution in [3.63, 3.8) is 0 Å². The summed E-state index contributed by atoms with van der Waals surface area (Å²) in [5, 5.41) is 9.10. The topological polar surface area (TPSA) is 53.3 Å². The number of carbonyl (C=O) groups is 1. The maximum Gasteiger partial charge on any atom is 0.263 e. The molecule has 4 nitrogen and oxygen atoms in total. The van der Waals surface area contributed by atoms with E-state index in [1.54, 1.807) is 30.0 Å². The lowest BCUT2D eigenvalue weighted by Crippen LogP contribution is -2.40. The number of ether oxygens (including phenoxy) is 1. The van der Waals surface area contributed by atoms with Crippen molar-refractivity contribution in [3.05, 3.63) is 28.8 Å². The first-order valence-corrected chi connectivity index (χ1v) is 6.56. The Bertz CT molecular complexity index is 493. The van der Waals surface area contributed by atoms with Crippen LogP contribution >= 0.6 is 11.6 Å². The van der Waals surface area contributed by atoms with Crippen LogP contribution in [0.1, 0.15) is 26.3 Å². The van der Waals surface area contributed by atoms with E-state index >= 15 is 0 Å². The lowest BCUT2D eigenvalue weighted by molar-refractivity contribution is -0.137. The van der Waals surface area contributed by atoms with Crippen molar-refractivity contribution in [3.8, 4) is 11.8 Å². The summed E-state index contributed by atoms with van der Waals surface area (Å²) in [6.45, 7) is 6.85. The summed E-state index contributed by atoms with van der Waals surface area (Å²) in [5.41, 5.74) is 0.386. The summed E-state index contributed by atoms with van der Waals surface area (Å²) < 4.78 is 5.56. The average Bonchev–Trinajstić information content (AvgIpc) is 2.40. The average molecular weight is 281 g/mol. The van der Waals surface area contributed by atoms with Crippen LogP contribution in [0.25, 0.3) is 0 Å². The number of amides is 1. The van der Waals surface area contributed by atoms with E-state index in [9.17, 15) is 4.79 Å². The highest BCUT2D eigenvalue weighted by molar-refractivity contribution is 6.31. The van der Waals surface area contributed by atoms with Crippen LogP contribution in [0.4, 0.5) is 0 Å². The minimum absolute atomic E-state index is 0.0644. The Hall–Kier alpha value is -1.73. The molecule has 0 aromatic heterocycles. The van der Waals surface area contributed by atoms with E-state index in [4.69, 9.17) is 21.6 Å². The van der Waals surface area contributed by atoms with Gasteiger partial charge in [-0.2, -0.15) is 5.26 Å². The number of carbonyl (C=O) groups excluding carboxylic acids is 1. The Balaban J connectivity index is 2.77. The van der Waals surface area contributed by atoms with Crippen LogP contribution in [0.5, 0.6) is 5.75 Å². The molecular weight excluding hydrogens is 264 g/mol. The fourth-order valence-electron chi connectivity index (χ4n) is 1.71. The number of halogens is 1. The maximum atomic E-state index is 12.0. The second kappa shape index (κ2) is 7.01. The van der Waals surface area contributed by atoms with Crippen LogP contribution in [0.2, 0.25) is 5.02 Å². The van der Waals surface area contributed by atoms with Gasteiger partial charge in [0, 0.05) is 19.2 Å². The molecule has 0 bridgehead atoms. The molecule has 0 fully saturated rings. The maximum absolute atomic E-state index is 12.0. The number of rotatable bonds is 5. The normalized spacial score (nSPS) is 11.5. The summed E-state index contributed by atoms with van der Waals surface area (Å²) in [4.78, 5) is 13.7. The molecular formula is C14H17ClN2O2. The first-order valence-electron chi connectivity index (χ1n) is 6.18. The third kappa shape index (κ3) is 3.87. The highest BCUT2D eigenvalue weighted by Gasteiger charge is 2.19. The predicted molar refractivity (Wildman–Crippen MR) is 74.2 cm³/mol. The monoisotopic (exact) mass is 280 g/mol. The van der Waals surface area contributed by atoms with Gasteiger partial charge in [0.2, 0.25) is 0 Å². The largest absolute Gasteiger partial charge is 0.481 e. The molecule has 0 heterocycles. The molecule has 5 heteroatoms. The number of benzene rings is 1. The zero-order valence-electron chi connectivity index (χ0n) is 11.3. The van der Waals surface area contributed by atoms with Gasteiger partial charge in [0.1, 0.15) is 11.8 Å². The molecule has 1 unspecified atom stereocenters. The van der Waals surface area contributed by atoms with Gasteiger partial charge in [-0.1, -0.05) is 11.6 Å². The third-order valence-electron chi connectivity index (χ3n) is 2.80. The van der Waals surface area contributed by atoms with Crippen LogP contribution in [0.3, 0.4) is 0 Å². The molecule has 0 N–H and O–H groups in total. The van der Waals surface area contributed by atoms with Crippen LogP contribution in [-0.2, 0) is 4.79 Å². The molecule has 1 atom stereocenters. The smallest absolute Gasteiger partial charge is 0.263 e. The lowest BCUT2D eigenvalue weighted by atomic mass is 10.2. The van der Waals surface area contributed by atoms with E-state index in [-0.39, 0.29) is 5.91 Å². The Kier molecular flexibility index (Phi) is 5.65. The predicted octanol–water partition coefficient (Wildman–Crippen LogP) is 2.85. The Morgan fingerprint density at radius 3 is 2.58 bits per heavy atom. The van der Waals surface area contributed by atoms with Gasteiger partial charge < -0.3 is 9.64 Å². The molecule has 1 rings (SSSR count). The van der Waals surface area contributed by atoms with Gasteiger partial charge in [0.25, 0.3) is 5.91 Å². The molecule has 0 radical (unpaired) electrons. The molecule has 0 aliphatic rings. The Morgan fingerprint density at radius 1 is 1.47 bits per heavy atom. The summed E-state index contributed by atoms with van der Waals surface area (Å²) in [6.07, 6.45) is -0.580. The van der Waals surface area contributed by atoms with Crippen LogP contribution in [0, 0.1) is 11.3 Å². The quantitative estimate of drug-likeness (QED) is 0.833. The van der Waals surface area contributed by atoms with Gasteiger partial charge >= 0.3 is 0 Å². The van der Waals surface area contributed by atoms with E-state index in [1.165, 1.54) is 0 Å². The molecule has 0 saturated heterocycles. The molecule has 1 amide bonds. The number of nitriles is 1. The van der Waals surface area contributed by atoms with E-state index in [2.05, 4.69) is 0 Å². The molecule has 0 saturated carbocycles.